The van der Waals surface area contributed by atoms with Crippen LogP contribution in [0.1, 0.15) is 31.3 Å². The molecule has 2 amide bonds. The molecule has 1 aromatic carbocycles. The second-order valence-corrected chi connectivity index (χ2v) is 9.99. The Morgan fingerprint density at radius 2 is 1.86 bits per heavy atom. The molecular formula is C20H17N3O4S2. The SMILES string of the molecule is Cc1cccc(N(C)S(=O)(=O)c2ccc(CN3C(=O)c4cccnc4C3=O)s2)c1. The summed E-state index contributed by atoms with van der Waals surface area (Å²) in [5.41, 5.74) is 1.91. The molecule has 0 saturated heterocycles. The summed E-state index contributed by atoms with van der Waals surface area (Å²) in [5.74, 6) is -0.895. The fourth-order valence-corrected chi connectivity index (χ4v) is 5.80. The van der Waals surface area contributed by atoms with E-state index in [1.54, 1.807) is 36.4 Å². The maximum atomic E-state index is 13.0. The average molecular weight is 428 g/mol. The Morgan fingerprint density at radius 3 is 2.59 bits per heavy atom. The van der Waals surface area contributed by atoms with Gasteiger partial charge in [0.25, 0.3) is 21.8 Å². The minimum Gasteiger partial charge on any atom is -0.269 e. The molecule has 29 heavy (non-hydrogen) atoms. The van der Waals surface area contributed by atoms with Crippen LogP contribution in [-0.4, -0.2) is 37.2 Å². The number of hydrogen-bond acceptors (Lipinski definition) is 6. The molecule has 0 bridgehead atoms. The average Bonchev–Trinajstić information content (AvgIpc) is 3.28. The Morgan fingerprint density at radius 1 is 1.07 bits per heavy atom. The highest BCUT2D eigenvalue weighted by atomic mass is 32.2. The number of benzene rings is 1. The topological polar surface area (TPSA) is 87.7 Å². The molecule has 148 valence electrons. The summed E-state index contributed by atoms with van der Waals surface area (Å²) >= 11 is 1.04. The largest absolute Gasteiger partial charge is 0.280 e. The van der Waals surface area contributed by atoms with Gasteiger partial charge in [-0.3, -0.25) is 23.8 Å². The molecule has 3 aromatic rings. The molecule has 0 saturated carbocycles. The highest BCUT2D eigenvalue weighted by molar-refractivity contribution is 7.94. The predicted molar refractivity (Wildman–Crippen MR) is 110 cm³/mol. The van der Waals surface area contributed by atoms with Crippen LogP contribution in [0.5, 0.6) is 0 Å². The van der Waals surface area contributed by atoms with Crippen molar-refractivity contribution in [3.63, 3.8) is 0 Å². The van der Waals surface area contributed by atoms with Crippen LogP contribution in [0, 0.1) is 6.92 Å². The monoisotopic (exact) mass is 427 g/mol. The number of pyridine rings is 1. The lowest BCUT2D eigenvalue weighted by atomic mass is 10.2. The van der Waals surface area contributed by atoms with Gasteiger partial charge in [-0.2, -0.15) is 0 Å². The smallest absolute Gasteiger partial charge is 0.269 e. The lowest BCUT2D eigenvalue weighted by molar-refractivity contribution is 0.0642. The minimum atomic E-state index is -3.75. The van der Waals surface area contributed by atoms with Crippen LogP contribution in [-0.2, 0) is 16.6 Å². The molecule has 0 aliphatic carbocycles. The van der Waals surface area contributed by atoms with Gasteiger partial charge in [-0.15, -0.1) is 11.3 Å². The molecule has 0 spiro atoms. The first-order chi connectivity index (χ1) is 13.8. The number of fused-ring (bicyclic) bond motifs is 1. The Kier molecular flexibility index (Phi) is 4.71. The molecule has 0 unspecified atom stereocenters. The summed E-state index contributed by atoms with van der Waals surface area (Å²) in [6.45, 7) is 1.90. The van der Waals surface area contributed by atoms with E-state index in [4.69, 9.17) is 0 Å². The van der Waals surface area contributed by atoms with Crippen molar-refractivity contribution in [3.8, 4) is 0 Å². The first-order valence-corrected chi connectivity index (χ1v) is 11.0. The van der Waals surface area contributed by atoms with E-state index >= 15 is 0 Å². The van der Waals surface area contributed by atoms with Crippen LogP contribution < -0.4 is 4.31 Å². The third-order valence-electron chi connectivity index (χ3n) is 4.66. The van der Waals surface area contributed by atoms with E-state index in [1.165, 1.54) is 23.6 Å². The summed E-state index contributed by atoms with van der Waals surface area (Å²) in [4.78, 5) is 30.6. The molecular weight excluding hydrogens is 410 g/mol. The Hall–Kier alpha value is -3.04. The van der Waals surface area contributed by atoms with Crippen molar-refractivity contribution >= 4 is 38.9 Å². The van der Waals surface area contributed by atoms with E-state index in [1.807, 2.05) is 13.0 Å². The minimum absolute atomic E-state index is 0.00235. The maximum Gasteiger partial charge on any atom is 0.280 e. The van der Waals surface area contributed by atoms with Gasteiger partial charge >= 0.3 is 0 Å². The number of nitrogens with zero attached hydrogens (tertiary/aromatic N) is 3. The van der Waals surface area contributed by atoms with E-state index in [9.17, 15) is 18.0 Å². The molecule has 3 heterocycles. The van der Waals surface area contributed by atoms with Gasteiger partial charge in [0.1, 0.15) is 9.90 Å². The second-order valence-electron chi connectivity index (χ2n) is 6.63. The van der Waals surface area contributed by atoms with Gasteiger partial charge < -0.3 is 0 Å². The van der Waals surface area contributed by atoms with Gasteiger partial charge in [0.2, 0.25) is 0 Å². The summed E-state index contributed by atoms with van der Waals surface area (Å²) in [7, 11) is -2.25. The van der Waals surface area contributed by atoms with Crippen LogP contribution in [0.15, 0.2) is 58.9 Å². The number of rotatable bonds is 5. The molecule has 1 aliphatic rings. The maximum absolute atomic E-state index is 13.0. The molecule has 0 fully saturated rings. The number of imide groups is 1. The second kappa shape index (κ2) is 7.09. The van der Waals surface area contributed by atoms with Crippen LogP contribution in [0.25, 0.3) is 0 Å². The quantitative estimate of drug-likeness (QED) is 0.584. The first-order valence-electron chi connectivity index (χ1n) is 8.74. The number of sulfonamides is 1. The van der Waals surface area contributed by atoms with Crippen molar-refractivity contribution in [2.45, 2.75) is 17.7 Å². The highest BCUT2D eigenvalue weighted by Gasteiger charge is 2.37. The van der Waals surface area contributed by atoms with Crippen molar-refractivity contribution in [3.05, 3.63) is 76.4 Å². The molecule has 2 aromatic heterocycles. The normalized spacial score (nSPS) is 13.7. The zero-order chi connectivity index (χ0) is 20.8. The van der Waals surface area contributed by atoms with Crippen molar-refractivity contribution in [1.29, 1.82) is 0 Å². The number of aryl methyl sites for hydroxylation is 1. The molecule has 0 N–H and O–H groups in total. The lowest BCUT2D eigenvalue weighted by Gasteiger charge is -2.18. The third kappa shape index (κ3) is 3.32. The molecule has 7 nitrogen and oxygen atoms in total. The predicted octanol–water partition coefficient (Wildman–Crippen LogP) is 3.07. The fourth-order valence-electron chi connectivity index (χ4n) is 3.09. The molecule has 0 atom stereocenters. The number of carbonyl (C=O) groups excluding carboxylic acids is 2. The molecule has 1 aliphatic heterocycles. The summed E-state index contributed by atoms with van der Waals surface area (Å²) in [6, 6.07) is 13.5. The number of anilines is 1. The van der Waals surface area contributed by atoms with Crippen LogP contribution in [0.2, 0.25) is 0 Å². The summed E-state index contributed by atoms with van der Waals surface area (Å²) < 4.78 is 27.3. The fraction of sp³-hybridized carbons (Fsp3) is 0.150. The van der Waals surface area contributed by atoms with Gasteiger partial charge in [-0.25, -0.2) is 8.42 Å². The van der Waals surface area contributed by atoms with Gasteiger partial charge in [-0.05, 0) is 48.9 Å². The first kappa shape index (κ1) is 19.3. The van der Waals surface area contributed by atoms with Crippen molar-refractivity contribution in [2.24, 2.45) is 0 Å². The van der Waals surface area contributed by atoms with E-state index < -0.39 is 21.8 Å². The van der Waals surface area contributed by atoms with Crippen molar-refractivity contribution < 1.29 is 18.0 Å². The highest BCUT2D eigenvalue weighted by Crippen LogP contribution is 2.30. The van der Waals surface area contributed by atoms with E-state index in [0.29, 0.717) is 10.6 Å². The Balaban J connectivity index is 1.57. The number of thiophene rings is 1. The molecule has 9 heteroatoms. The molecule has 4 rings (SSSR count). The standard InChI is InChI=1S/C20H17N3O4S2/c1-13-5-3-6-14(11-13)22(2)29(26,27)17-9-8-15(28-17)12-23-19(24)16-7-4-10-21-18(16)20(23)25/h3-11H,12H2,1-2H3. The molecule has 0 radical (unpaired) electrons. The van der Waals surface area contributed by atoms with Gasteiger partial charge in [0.15, 0.2) is 0 Å². The van der Waals surface area contributed by atoms with Gasteiger partial charge in [0, 0.05) is 18.1 Å². The zero-order valence-electron chi connectivity index (χ0n) is 15.7. The van der Waals surface area contributed by atoms with Crippen LogP contribution in [0.3, 0.4) is 0 Å². The third-order valence-corrected chi connectivity index (χ3v) is 7.98. The van der Waals surface area contributed by atoms with E-state index in [2.05, 4.69) is 4.98 Å². The van der Waals surface area contributed by atoms with Crippen LogP contribution in [0.4, 0.5) is 5.69 Å². The number of aromatic nitrogens is 1. The number of hydrogen-bond donors (Lipinski definition) is 0. The number of amides is 2. The van der Waals surface area contributed by atoms with Crippen molar-refractivity contribution in [1.82, 2.24) is 9.88 Å². The summed E-state index contributed by atoms with van der Waals surface area (Å²) in [6.07, 6.45) is 1.46. The van der Waals surface area contributed by atoms with Crippen LogP contribution >= 0.6 is 11.3 Å². The Bertz CT molecular complexity index is 1200. The van der Waals surface area contributed by atoms with Crippen molar-refractivity contribution in [2.75, 3.05) is 11.4 Å². The van der Waals surface area contributed by atoms with E-state index in [0.717, 1.165) is 21.8 Å². The summed E-state index contributed by atoms with van der Waals surface area (Å²) in [5, 5.41) is 0. The lowest BCUT2D eigenvalue weighted by Crippen LogP contribution is -2.28. The van der Waals surface area contributed by atoms with Gasteiger partial charge in [-0.1, -0.05) is 12.1 Å². The Labute approximate surface area is 172 Å². The van der Waals surface area contributed by atoms with Gasteiger partial charge in [0.05, 0.1) is 17.8 Å². The zero-order valence-corrected chi connectivity index (χ0v) is 17.3. The number of carbonyl (C=O) groups is 2. The van der Waals surface area contributed by atoms with E-state index in [-0.39, 0.29) is 22.0 Å².